The van der Waals surface area contributed by atoms with Crippen LogP contribution in [0.2, 0.25) is 0 Å². The Morgan fingerprint density at radius 1 is 1.03 bits per heavy atom. The van der Waals surface area contributed by atoms with E-state index in [4.69, 9.17) is 0 Å². The summed E-state index contributed by atoms with van der Waals surface area (Å²) < 4.78 is 0. The van der Waals surface area contributed by atoms with Gasteiger partial charge in [-0.2, -0.15) is 5.10 Å². The van der Waals surface area contributed by atoms with Gasteiger partial charge in [0.1, 0.15) is 0 Å². The number of nitrogens with zero attached hydrogens (tertiary/aromatic N) is 5. The van der Waals surface area contributed by atoms with E-state index in [1.54, 1.807) is 6.20 Å². The van der Waals surface area contributed by atoms with Crippen LogP contribution in [0.5, 0.6) is 0 Å². The van der Waals surface area contributed by atoms with Crippen LogP contribution in [-0.4, -0.2) is 58.2 Å². The second-order valence-electron chi connectivity index (χ2n) is 9.04. The average Bonchev–Trinajstić information content (AvgIpc) is 3.29. The number of rotatable bonds is 6. The molecule has 8 heteroatoms. The van der Waals surface area contributed by atoms with Gasteiger partial charge in [-0.3, -0.25) is 19.9 Å². The zero-order valence-electron chi connectivity index (χ0n) is 19.6. The summed E-state index contributed by atoms with van der Waals surface area (Å²) in [6.07, 6.45) is 9.21. The van der Waals surface area contributed by atoms with Crippen molar-refractivity contribution in [2.24, 2.45) is 0 Å². The van der Waals surface area contributed by atoms with Gasteiger partial charge >= 0.3 is 0 Å². The predicted molar refractivity (Wildman–Crippen MR) is 135 cm³/mol. The Hall–Kier alpha value is -3.78. The van der Waals surface area contributed by atoms with Crippen LogP contribution in [-0.2, 0) is 6.54 Å². The van der Waals surface area contributed by atoms with Crippen molar-refractivity contribution in [3.63, 3.8) is 0 Å². The molecular weight excluding hydrogens is 426 g/mol. The van der Waals surface area contributed by atoms with E-state index in [1.807, 2.05) is 61.7 Å². The minimum absolute atomic E-state index is 0.272. The van der Waals surface area contributed by atoms with E-state index in [9.17, 15) is 4.79 Å². The van der Waals surface area contributed by atoms with Crippen molar-refractivity contribution in [3.8, 4) is 11.1 Å². The Morgan fingerprint density at radius 3 is 2.65 bits per heavy atom. The van der Waals surface area contributed by atoms with Crippen molar-refractivity contribution >= 4 is 28.2 Å². The molecule has 2 N–H and O–H groups in total. The summed E-state index contributed by atoms with van der Waals surface area (Å²) >= 11 is 0. The molecule has 0 saturated carbocycles. The number of benzene rings is 1. The first-order chi connectivity index (χ1) is 16.6. The summed E-state index contributed by atoms with van der Waals surface area (Å²) in [7, 11) is 3.99. The van der Waals surface area contributed by atoms with Crippen molar-refractivity contribution < 1.29 is 4.79 Å². The number of fused-ring (bicyclic) bond motifs is 1. The largest absolute Gasteiger partial charge is 0.370 e. The minimum Gasteiger partial charge on any atom is -0.370 e. The van der Waals surface area contributed by atoms with Gasteiger partial charge in [0.25, 0.3) is 5.91 Å². The quantitative estimate of drug-likeness (QED) is 0.450. The molecule has 174 valence electrons. The monoisotopic (exact) mass is 455 g/mol. The molecular formula is C26H29N7O. The maximum absolute atomic E-state index is 13.0. The van der Waals surface area contributed by atoms with Gasteiger partial charge in [-0.15, -0.1) is 0 Å². The van der Waals surface area contributed by atoms with Crippen molar-refractivity contribution in [3.05, 3.63) is 66.4 Å². The van der Waals surface area contributed by atoms with Crippen LogP contribution >= 0.6 is 0 Å². The summed E-state index contributed by atoms with van der Waals surface area (Å²) in [5, 5.41) is 10.9. The molecule has 0 radical (unpaired) electrons. The molecule has 4 heterocycles. The number of amides is 1. The van der Waals surface area contributed by atoms with Crippen molar-refractivity contribution in [2.45, 2.75) is 25.8 Å². The second kappa shape index (κ2) is 9.61. The van der Waals surface area contributed by atoms with Gasteiger partial charge < -0.3 is 15.1 Å². The first-order valence-corrected chi connectivity index (χ1v) is 11.7. The molecule has 0 unspecified atom stereocenters. The van der Waals surface area contributed by atoms with E-state index in [1.165, 1.54) is 19.3 Å². The number of carbonyl (C=O) groups is 1. The molecule has 1 amide bonds. The Labute approximate surface area is 199 Å². The molecule has 0 aliphatic carbocycles. The third kappa shape index (κ3) is 4.77. The fourth-order valence-electron chi connectivity index (χ4n) is 4.38. The molecule has 4 aromatic rings. The van der Waals surface area contributed by atoms with E-state index < -0.39 is 0 Å². The van der Waals surface area contributed by atoms with Crippen molar-refractivity contribution in [1.29, 1.82) is 0 Å². The van der Waals surface area contributed by atoms with Crippen LogP contribution in [0.15, 0.2) is 55.0 Å². The number of carbonyl (C=O) groups excluding carboxylic acids is 1. The predicted octanol–water partition coefficient (Wildman–Crippen LogP) is 4.32. The lowest BCUT2D eigenvalue weighted by molar-refractivity contribution is 0.102. The third-order valence-electron chi connectivity index (χ3n) is 6.12. The maximum Gasteiger partial charge on any atom is 0.276 e. The van der Waals surface area contributed by atoms with Crippen LogP contribution in [0.3, 0.4) is 0 Å². The molecule has 1 fully saturated rings. The van der Waals surface area contributed by atoms with Gasteiger partial charge in [-0.1, -0.05) is 6.07 Å². The molecule has 8 nitrogen and oxygen atoms in total. The van der Waals surface area contributed by atoms with Crippen molar-refractivity contribution in [1.82, 2.24) is 25.1 Å². The zero-order chi connectivity index (χ0) is 23.5. The third-order valence-corrected chi connectivity index (χ3v) is 6.12. The Kier molecular flexibility index (Phi) is 6.22. The number of hydrogen-bond acceptors (Lipinski definition) is 6. The number of pyridine rings is 2. The van der Waals surface area contributed by atoms with E-state index in [0.717, 1.165) is 53.0 Å². The Bertz CT molecular complexity index is 1290. The highest BCUT2D eigenvalue weighted by Crippen LogP contribution is 2.29. The number of aromatic amines is 1. The molecule has 0 spiro atoms. The van der Waals surface area contributed by atoms with Gasteiger partial charge in [0.05, 0.1) is 35.0 Å². The van der Waals surface area contributed by atoms with E-state index in [-0.39, 0.29) is 5.91 Å². The molecule has 34 heavy (non-hydrogen) atoms. The highest BCUT2D eigenvalue weighted by molar-refractivity contribution is 6.11. The number of piperidine rings is 1. The summed E-state index contributed by atoms with van der Waals surface area (Å²) in [4.78, 5) is 26.4. The minimum atomic E-state index is -0.272. The summed E-state index contributed by atoms with van der Waals surface area (Å²) in [5.41, 5.74) is 5.93. The number of anilines is 2. The molecule has 1 saturated heterocycles. The molecule has 0 bridgehead atoms. The summed E-state index contributed by atoms with van der Waals surface area (Å²) in [5.74, 6) is -0.272. The number of H-pyrrole nitrogens is 1. The zero-order valence-corrected chi connectivity index (χ0v) is 19.6. The SMILES string of the molecule is CN(C)Cc1ccc(NC(=O)c2n[nH]c3ccc(-c4cncc(N5CCCCC5)c4)cc23)cn1. The van der Waals surface area contributed by atoms with Gasteiger partial charge in [-0.05, 0) is 69.3 Å². The number of aromatic nitrogens is 4. The Morgan fingerprint density at radius 2 is 1.88 bits per heavy atom. The molecule has 1 aliphatic heterocycles. The van der Waals surface area contributed by atoms with Gasteiger partial charge in [0, 0.05) is 36.8 Å². The van der Waals surface area contributed by atoms with Gasteiger partial charge in [-0.25, -0.2) is 0 Å². The molecule has 5 rings (SSSR count). The van der Waals surface area contributed by atoms with E-state index in [0.29, 0.717) is 11.4 Å². The van der Waals surface area contributed by atoms with Crippen LogP contribution in [0.4, 0.5) is 11.4 Å². The van der Waals surface area contributed by atoms with E-state index in [2.05, 4.69) is 36.4 Å². The summed E-state index contributed by atoms with van der Waals surface area (Å²) in [6, 6.07) is 12.0. The number of nitrogens with one attached hydrogen (secondary N) is 2. The van der Waals surface area contributed by atoms with Gasteiger partial charge in [0.15, 0.2) is 5.69 Å². The van der Waals surface area contributed by atoms with Crippen LogP contribution in [0, 0.1) is 0 Å². The van der Waals surface area contributed by atoms with Gasteiger partial charge in [0.2, 0.25) is 0 Å². The lowest BCUT2D eigenvalue weighted by atomic mass is 10.0. The first-order valence-electron chi connectivity index (χ1n) is 11.7. The maximum atomic E-state index is 13.0. The lowest BCUT2D eigenvalue weighted by Gasteiger charge is -2.28. The Balaban J connectivity index is 1.38. The highest BCUT2D eigenvalue weighted by Gasteiger charge is 2.17. The van der Waals surface area contributed by atoms with Crippen LogP contribution in [0.25, 0.3) is 22.0 Å². The van der Waals surface area contributed by atoms with E-state index >= 15 is 0 Å². The lowest BCUT2D eigenvalue weighted by Crippen LogP contribution is -2.29. The molecule has 1 aromatic carbocycles. The second-order valence-corrected chi connectivity index (χ2v) is 9.04. The fourth-order valence-corrected chi connectivity index (χ4v) is 4.38. The molecule has 1 aliphatic rings. The molecule has 3 aromatic heterocycles. The molecule has 0 atom stereocenters. The average molecular weight is 456 g/mol. The smallest absolute Gasteiger partial charge is 0.276 e. The number of hydrogen-bond donors (Lipinski definition) is 2. The topological polar surface area (TPSA) is 90.0 Å². The standard InChI is InChI=1S/C26H29N7O/c1-32(2)17-21-8-7-20(15-28-21)29-26(34)25-23-13-18(6-9-24(23)30-31-25)19-12-22(16-27-14-19)33-10-4-3-5-11-33/h6-9,12-16H,3-5,10-11,17H2,1-2H3,(H,29,34)(H,30,31). The van der Waals surface area contributed by atoms with Crippen molar-refractivity contribution in [2.75, 3.05) is 37.4 Å². The van der Waals surface area contributed by atoms with Crippen LogP contribution < -0.4 is 10.2 Å². The fraction of sp³-hybridized carbons (Fsp3) is 0.308. The normalized spacial score (nSPS) is 14.0. The van der Waals surface area contributed by atoms with Crippen LogP contribution in [0.1, 0.15) is 35.4 Å². The first kappa shape index (κ1) is 22.0. The summed E-state index contributed by atoms with van der Waals surface area (Å²) in [6.45, 7) is 2.89. The highest BCUT2D eigenvalue weighted by atomic mass is 16.1.